The number of carbonyl (C=O) groups excluding carboxylic acids is 1. The number of rotatable bonds is 4. The van der Waals surface area contributed by atoms with Crippen molar-refractivity contribution in [2.24, 2.45) is 5.10 Å². The zero-order valence-electron chi connectivity index (χ0n) is 12.8. The number of hydrogen-bond acceptors (Lipinski definition) is 4. The SMILES string of the molecule is COc1ccc(O)c(C(C)=NNC(=O)c2ccccc2C)c1. The van der Waals surface area contributed by atoms with Gasteiger partial charge in [-0.25, -0.2) is 5.43 Å². The average molecular weight is 298 g/mol. The van der Waals surface area contributed by atoms with Gasteiger partial charge in [0.1, 0.15) is 11.5 Å². The van der Waals surface area contributed by atoms with Gasteiger partial charge in [0, 0.05) is 11.1 Å². The molecule has 0 atom stereocenters. The predicted octanol–water partition coefficient (Wildman–Crippen LogP) is 2.86. The standard InChI is InChI=1S/C17H18N2O3/c1-11-6-4-5-7-14(11)17(21)19-18-12(2)15-10-13(22-3)8-9-16(15)20/h4-10,20H,1-3H3,(H,19,21). The van der Waals surface area contributed by atoms with Crippen LogP contribution < -0.4 is 10.2 Å². The van der Waals surface area contributed by atoms with E-state index in [2.05, 4.69) is 10.5 Å². The Bertz CT molecular complexity index is 724. The number of phenolic OH excluding ortho intramolecular Hbond substituents is 1. The van der Waals surface area contributed by atoms with Crippen molar-refractivity contribution in [3.8, 4) is 11.5 Å². The summed E-state index contributed by atoms with van der Waals surface area (Å²) in [5.41, 5.74) is 4.92. The van der Waals surface area contributed by atoms with Crippen LogP contribution in [-0.4, -0.2) is 23.8 Å². The summed E-state index contributed by atoms with van der Waals surface area (Å²) in [6.07, 6.45) is 0. The normalized spacial score (nSPS) is 11.1. The molecular weight excluding hydrogens is 280 g/mol. The van der Waals surface area contributed by atoms with E-state index in [-0.39, 0.29) is 11.7 Å². The molecule has 0 unspecified atom stereocenters. The molecule has 5 heteroatoms. The monoisotopic (exact) mass is 298 g/mol. The van der Waals surface area contributed by atoms with Crippen molar-refractivity contribution in [2.75, 3.05) is 7.11 Å². The molecule has 0 saturated carbocycles. The Kier molecular flexibility index (Phi) is 4.78. The summed E-state index contributed by atoms with van der Waals surface area (Å²) in [5.74, 6) is 0.389. The summed E-state index contributed by atoms with van der Waals surface area (Å²) in [6.45, 7) is 3.56. The quantitative estimate of drug-likeness (QED) is 0.673. The third-order valence-corrected chi connectivity index (χ3v) is 3.31. The van der Waals surface area contributed by atoms with Crippen molar-refractivity contribution in [1.29, 1.82) is 0 Å². The molecule has 0 aliphatic rings. The number of aromatic hydroxyl groups is 1. The highest BCUT2D eigenvalue weighted by atomic mass is 16.5. The zero-order chi connectivity index (χ0) is 16.1. The summed E-state index contributed by atoms with van der Waals surface area (Å²) in [6, 6.07) is 12.1. The number of methoxy groups -OCH3 is 1. The van der Waals surface area contributed by atoms with Crippen LogP contribution in [0.15, 0.2) is 47.6 Å². The number of phenols is 1. The molecule has 22 heavy (non-hydrogen) atoms. The molecule has 0 aromatic heterocycles. The zero-order valence-corrected chi connectivity index (χ0v) is 12.8. The molecule has 2 aromatic carbocycles. The van der Waals surface area contributed by atoms with Crippen LogP contribution in [0.25, 0.3) is 0 Å². The fourth-order valence-electron chi connectivity index (χ4n) is 2.01. The van der Waals surface area contributed by atoms with Crippen molar-refractivity contribution < 1.29 is 14.6 Å². The van der Waals surface area contributed by atoms with Crippen LogP contribution in [0.1, 0.15) is 28.4 Å². The lowest BCUT2D eigenvalue weighted by Crippen LogP contribution is -2.20. The highest BCUT2D eigenvalue weighted by molar-refractivity contribution is 6.03. The van der Waals surface area contributed by atoms with Crippen molar-refractivity contribution >= 4 is 11.6 Å². The molecule has 0 spiro atoms. The topological polar surface area (TPSA) is 70.9 Å². The molecule has 0 radical (unpaired) electrons. The molecule has 0 heterocycles. The Morgan fingerprint density at radius 1 is 1.18 bits per heavy atom. The maximum absolute atomic E-state index is 12.1. The first-order valence-electron chi connectivity index (χ1n) is 6.80. The molecule has 1 amide bonds. The van der Waals surface area contributed by atoms with Crippen molar-refractivity contribution in [2.45, 2.75) is 13.8 Å². The number of carbonyl (C=O) groups is 1. The Labute approximate surface area is 129 Å². The van der Waals surface area contributed by atoms with Gasteiger partial charge >= 0.3 is 0 Å². The van der Waals surface area contributed by atoms with E-state index in [9.17, 15) is 9.90 Å². The van der Waals surface area contributed by atoms with Gasteiger partial charge in [-0.2, -0.15) is 5.10 Å². The summed E-state index contributed by atoms with van der Waals surface area (Å²) in [7, 11) is 1.54. The van der Waals surface area contributed by atoms with Crippen LogP contribution in [0.3, 0.4) is 0 Å². The maximum atomic E-state index is 12.1. The number of aryl methyl sites for hydroxylation is 1. The van der Waals surface area contributed by atoms with Crippen molar-refractivity contribution in [3.05, 3.63) is 59.2 Å². The number of amides is 1. The van der Waals surface area contributed by atoms with Gasteiger partial charge in [-0.05, 0) is 43.7 Å². The van der Waals surface area contributed by atoms with Gasteiger partial charge in [-0.15, -0.1) is 0 Å². The van der Waals surface area contributed by atoms with Crippen molar-refractivity contribution in [3.63, 3.8) is 0 Å². The first kappa shape index (κ1) is 15.6. The van der Waals surface area contributed by atoms with Gasteiger partial charge in [0.25, 0.3) is 5.91 Å². The molecule has 2 rings (SSSR count). The summed E-state index contributed by atoms with van der Waals surface area (Å²) < 4.78 is 5.12. The third-order valence-electron chi connectivity index (χ3n) is 3.31. The minimum absolute atomic E-state index is 0.0761. The van der Waals surface area contributed by atoms with Gasteiger partial charge < -0.3 is 9.84 Å². The molecule has 0 bridgehead atoms. The fourth-order valence-corrected chi connectivity index (χ4v) is 2.01. The van der Waals surface area contributed by atoms with E-state index in [1.165, 1.54) is 6.07 Å². The maximum Gasteiger partial charge on any atom is 0.271 e. The Morgan fingerprint density at radius 3 is 2.59 bits per heavy atom. The van der Waals surface area contributed by atoms with E-state index in [0.29, 0.717) is 22.6 Å². The van der Waals surface area contributed by atoms with Crippen LogP contribution in [0.4, 0.5) is 0 Å². The lowest BCUT2D eigenvalue weighted by Gasteiger charge is -2.08. The second-order valence-electron chi connectivity index (χ2n) is 4.84. The number of hydrazone groups is 1. The smallest absolute Gasteiger partial charge is 0.271 e. The minimum atomic E-state index is -0.292. The van der Waals surface area contributed by atoms with E-state index in [1.54, 1.807) is 38.3 Å². The molecule has 0 saturated heterocycles. The van der Waals surface area contributed by atoms with Crippen LogP contribution in [0.5, 0.6) is 11.5 Å². The Hall–Kier alpha value is -2.82. The molecule has 5 nitrogen and oxygen atoms in total. The Balaban J connectivity index is 2.20. The van der Waals surface area contributed by atoms with E-state index < -0.39 is 0 Å². The van der Waals surface area contributed by atoms with Gasteiger partial charge in [-0.3, -0.25) is 4.79 Å². The second-order valence-corrected chi connectivity index (χ2v) is 4.84. The van der Waals surface area contributed by atoms with Gasteiger partial charge in [0.05, 0.1) is 12.8 Å². The van der Waals surface area contributed by atoms with Crippen molar-refractivity contribution in [1.82, 2.24) is 5.43 Å². The van der Waals surface area contributed by atoms with E-state index >= 15 is 0 Å². The largest absolute Gasteiger partial charge is 0.507 e. The lowest BCUT2D eigenvalue weighted by atomic mass is 10.1. The van der Waals surface area contributed by atoms with E-state index in [1.807, 2.05) is 19.1 Å². The van der Waals surface area contributed by atoms with Gasteiger partial charge in [0.2, 0.25) is 0 Å². The van der Waals surface area contributed by atoms with Crippen LogP contribution >= 0.6 is 0 Å². The van der Waals surface area contributed by atoms with Crippen LogP contribution in [0.2, 0.25) is 0 Å². The van der Waals surface area contributed by atoms with Crippen LogP contribution in [-0.2, 0) is 0 Å². The fraction of sp³-hybridized carbons (Fsp3) is 0.176. The molecule has 2 aromatic rings. The average Bonchev–Trinajstić information content (AvgIpc) is 2.53. The number of nitrogens with one attached hydrogen (secondary N) is 1. The molecule has 2 N–H and O–H groups in total. The number of nitrogens with zero attached hydrogens (tertiary/aromatic N) is 1. The van der Waals surface area contributed by atoms with E-state index in [0.717, 1.165) is 5.56 Å². The molecule has 114 valence electrons. The number of ether oxygens (including phenoxy) is 1. The minimum Gasteiger partial charge on any atom is -0.507 e. The molecule has 0 aliphatic heterocycles. The van der Waals surface area contributed by atoms with E-state index in [4.69, 9.17) is 4.74 Å². The second kappa shape index (κ2) is 6.76. The predicted molar refractivity (Wildman–Crippen MR) is 85.5 cm³/mol. The number of benzene rings is 2. The Morgan fingerprint density at radius 2 is 1.91 bits per heavy atom. The molecule has 0 fully saturated rings. The number of hydrogen-bond donors (Lipinski definition) is 2. The summed E-state index contributed by atoms with van der Waals surface area (Å²) >= 11 is 0. The first-order chi connectivity index (χ1) is 10.5. The third kappa shape index (κ3) is 3.44. The van der Waals surface area contributed by atoms with Gasteiger partial charge in [-0.1, -0.05) is 18.2 Å². The highest BCUT2D eigenvalue weighted by Crippen LogP contribution is 2.23. The van der Waals surface area contributed by atoms with Crippen LogP contribution in [0, 0.1) is 6.92 Å². The molecular formula is C17H18N2O3. The molecule has 0 aliphatic carbocycles. The summed E-state index contributed by atoms with van der Waals surface area (Å²) in [5, 5.41) is 13.9. The highest BCUT2D eigenvalue weighted by Gasteiger charge is 2.09. The lowest BCUT2D eigenvalue weighted by molar-refractivity contribution is 0.0954. The first-order valence-corrected chi connectivity index (χ1v) is 6.80. The summed E-state index contributed by atoms with van der Waals surface area (Å²) in [4.78, 5) is 12.1. The van der Waals surface area contributed by atoms with Gasteiger partial charge in [0.15, 0.2) is 0 Å².